The monoisotopic (exact) mass is 311 g/mol. The van der Waals surface area contributed by atoms with E-state index < -0.39 is 0 Å². The first-order valence-corrected chi connectivity index (χ1v) is 10.6. The zero-order valence-corrected chi connectivity index (χ0v) is 16.2. The van der Waals surface area contributed by atoms with E-state index in [1.165, 1.54) is 116 Å². The van der Waals surface area contributed by atoms with Gasteiger partial charge in [0.05, 0.1) is 0 Å². The quantitative estimate of drug-likeness (QED) is 0.242. The molecule has 0 N–H and O–H groups in total. The van der Waals surface area contributed by atoms with Crippen molar-refractivity contribution in [2.24, 2.45) is 0 Å². The molecule has 0 bridgehead atoms. The lowest BCUT2D eigenvalue weighted by molar-refractivity contribution is 0.255. The van der Waals surface area contributed by atoms with Crippen molar-refractivity contribution in [2.75, 3.05) is 19.6 Å². The summed E-state index contributed by atoms with van der Waals surface area (Å²) in [6.07, 6.45) is 21.3. The van der Waals surface area contributed by atoms with Gasteiger partial charge in [-0.1, -0.05) is 97.8 Å². The van der Waals surface area contributed by atoms with E-state index in [9.17, 15) is 0 Å². The van der Waals surface area contributed by atoms with Crippen LogP contribution in [0.5, 0.6) is 0 Å². The average molecular weight is 312 g/mol. The molecule has 0 aliphatic rings. The molecular formula is C21H45N. The van der Waals surface area contributed by atoms with Gasteiger partial charge in [-0.05, 0) is 38.9 Å². The lowest BCUT2D eigenvalue weighted by atomic mass is 10.1. The van der Waals surface area contributed by atoms with E-state index in [0.29, 0.717) is 0 Å². The van der Waals surface area contributed by atoms with E-state index in [2.05, 4.69) is 25.7 Å². The molecular weight excluding hydrogens is 266 g/mol. The van der Waals surface area contributed by atoms with Crippen LogP contribution in [0.2, 0.25) is 0 Å². The third kappa shape index (κ3) is 16.3. The molecule has 0 aromatic heterocycles. The predicted octanol–water partition coefficient (Wildman–Crippen LogP) is 7.20. The van der Waals surface area contributed by atoms with Crippen molar-refractivity contribution < 1.29 is 0 Å². The molecule has 0 aliphatic carbocycles. The van der Waals surface area contributed by atoms with E-state index in [1.54, 1.807) is 0 Å². The van der Waals surface area contributed by atoms with Crippen LogP contribution in [0.3, 0.4) is 0 Å². The third-order valence-electron chi connectivity index (χ3n) is 4.73. The lowest BCUT2D eigenvalue weighted by Crippen LogP contribution is -2.27. The fourth-order valence-corrected chi connectivity index (χ4v) is 3.15. The van der Waals surface area contributed by atoms with Crippen molar-refractivity contribution in [2.45, 2.75) is 117 Å². The Bertz CT molecular complexity index is 174. The molecule has 0 atom stereocenters. The fourth-order valence-electron chi connectivity index (χ4n) is 3.15. The zero-order chi connectivity index (χ0) is 16.3. The molecule has 0 fully saturated rings. The minimum atomic E-state index is 1.34. The highest BCUT2D eigenvalue weighted by molar-refractivity contribution is 4.60. The van der Waals surface area contributed by atoms with E-state index >= 15 is 0 Å². The Hall–Kier alpha value is -0.0400. The van der Waals surface area contributed by atoms with Crippen molar-refractivity contribution in [3.63, 3.8) is 0 Å². The van der Waals surface area contributed by atoms with Crippen LogP contribution in [-0.2, 0) is 0 Å². The maximum Gasteiger partial charge on any atom is -0.00187 e. The molecule has 0 saturated carbocycles. The molecule has 1 heteroatoms. The Kier molecular flexibility index (Phi) is 19.0. The molecule has 134 valence electrons. The van der Waals surface area contributed by atoms with Gasteiger partial charge in [0.15, 0.2) is 0 Å². The highest BCUT2D eigenvalue weighted by Crippen LogP contribution is 2.10. The van der Waals surface area contributed by atoms with Gasteiger partial charge in [-0.3, -0.25) is 0 Å². The topological polar surface area (TPSA) is 3.24 Å². The molecule has 0 aromatic carbocycles. The van der Waals surface area contributed by atoms with Gasteiger partial charge < -0.3 is 4.90 Å². The number of rotatable bonds is 18. The molecule has 0 radical (unpaired) electrons. The summed E-state index contributed by atoms with van der Waals surface area (Å²) in [5, 5.41) is 0. The highest BCUT2D eigenvalue weighted by atomic mass is 15.1. The van der Waals surface area contributed by atoms with Gasteiger partial charge in [0, 0.05) is 0 Å². The first-order chi connectivity index (χ1) is 10.8. The second-order valence-corrected chi connectivity index (χ2v) is 7.08. The van der Waals surface area contributed by atoms with Crippen LogP contribution in [0.1, 0.15) is 117 Å². The molecule has 0 heterocycles. The largest absolute Gasteiger partial charge is 0.303 e. The lowest BCUT2D eigenvalue weighted by Gasteiger charge is -2.22. The van der Waals surface area contributed by atoms with E-state index in [1.807, 2.05) is 0 Å². The van der Waals surface area contributed by atoms with E-state index in [-0.39, 0.29) is 0 Å². The van der Waals surface area contributed by atoms with Gasteiger partial charge in [0.1, 0.15) is 0 Å². The Morgan fingerprint density at radius 1 is 0.364 bits per heavy atom. The Labute approximate surface area is 142 Å². The van der Waals surface area contributed by atoms with Crippen molar-refractivity contribution in [1.29, 1.82) is 0 Å². The molecule has 0 aromatic rings. The summed E-state index contributed by atoms with van der Waals surface area (Å²) in [7, 11) is 0. The van der Waals surface area contributed by atoms with Crippen LogP contribution >= 0.6 is 0 Å². The highest BCUT2D eigenvalue weighted by Gasteiger charge is 2.04. The molecule has 0 aliphatic heterocycles. The van der Waals surface area contributed by atoms with Gasteiger partial charge >= 0.3 is 0 Å². The summed E-state index contributed by atoms with van der Waals surface area (Å²) < 4.78 is 0. The molecule has 22 heavy (non-hydrogen) atoms. The number of nitrogens with zero attached hydrogens (tertiary/aromatic N) is 1. The van der Waals surface area contributed by atoms with Crippen LogP contribution in [0.4, 0.5) is 0 Å². The maximum atomic E-state index is 2.76. The summed E-state index contributed by atoms with van der Waals surface area (Å²) in [6, 6.07) is 0. The molecule has 0 spiro atoms. The van der Waals surface area contributed by atoms with Crippen molar-refractivity contribution in [3.8, 4) is 0 Å². The van der Waals surface area contributed by atoms with Gasteiger partial charge in [0.2, 0.25) is 0 Å². The summed E-state index contributed by atoms with van der Waals surface area (Å²) in [5.41, 5.74) is 0. The molecule has 0 unspecified atom stereocenters. The van der Waals surface area contributed by atoms with Gasteiger partial charge in [-0.25, -0.2) is 0 Å². The molecule has 0 amide bonds. The van der Waals surface area contributed by atoms with Crippen LogP contribution in [0, 0.1) is 0 Å². The third-order valence-corrected chi connectivity index (χ3v) is 4.73. The summed E-state index contributed by atoms with van der Waals surface area (Å²) in [6.45, 7) is 11.0. The summed E-state index contributed by atoms with van der Waals surface area (Å²) in [4.78, 5) is 2.76. The second-order valence-electron chi connectivity index (χ2n) is 7.08. The van der Waals surface area contributed by atoms with Crippen LogP contribution in [-0.4, -0.2) is 24.5 Å². The smallest absolute Gasteiger partial charge is 0.00187 e. The first kappa shape index (κ1) is 22.0. The minimum Gasteiger partial charge on any atom is -0.303 e. The van der Waals surface area contributed by atoms with Crippen molar-refractivity contribution in [1.82, 2.24) is 4.90 Å². The minimum absolute atomic E-state index is 1.34. The Balaban J connectivity index is 3.65. The maximum absolute atomic E-state index is 2.76. The summed E-state index contributed by atoms with van der Waals surface area (Å²) >= 11 is 0. The van der Waals surface area contributed by atoms with Gasteiger partial charge in [0.25, 0.3) is 0 Å². The van der Waals surface area contributed by atoms with E-state index in [4.69, 9.17) is 0 Å². The van der Waals surface area contributed by atoms with Gasteiger partial charge in [-0.15, -0.1) is 0 Å². The summed E-state index contributed by atoms with van der Waals surface area (Å²) in [5.74, 6) is 0. The predicted molar refractivity (Wildman–Crippen MR) is 103 cm³/mol. The SMILES string of the molecule is CCCCCCCCN(CCCCC)CCCCCCCC. The second kappa shape index (κ2) is 19.0. The average Bonchev–Trinajstić information content (AvgIpc) is 2.53. The standard InChI is InChI=1S/C21H45N/c1-4-7-10-12-14-17-20-22(19-16-9-6-3)21-18-15-13-11-8-5-2/h4-21H2,1-3H3. The van der Waals surface area contributed by atoms with Crippen LogP contribution in [0.25, 0.3) is 0 Å². The molecule has 1 nitrogen and oxygen atoms in total. The van der Waals surface area contributed by atoms with E-state index in [0.717, 1.165) is 0 Å². The van der Waals surface area contributed by atoms with Crippen molar-refractivity contribution >= 4 is 0 Å². The van der Waals surface area contributed by atoms with Crippen LogP contribution in [0.15, 0.2) is 0 Å². The molecule has 0 rings (SSSR count). The fraction of sp³-hybridized carbons (Fsp3) is 1.00. The van der Waals surface area contributed by atoms with Crippen molar-refractivity contribution in [3.05, 3.63) is 0 Å². The molecule has 0 saturated heterocycles. The Morgan fingerprint density at radius 3 is 1.05 bits per heavy atom. The normalized spacial score (nSPS) is 11.5. The van der Waals surface area contributed by atoms with Crippen LogP contribution < -0.4 is 0 Å². The number of unbranched alkanes of at least 4 members (excludes halogenated alkanes) is 12. The number of hydrogen-bond donors (Lipinski definition) is 0. The first-order valence-electron chi connectivity index (χ1n) is 10.6. The number of hydrogen-bond acceptors (Lipinski definition) is 1. The zero-order valence-electron chi connectivity index (χ0n) is 16.2. The Morgan fingerprint density at radius 2 is 0.636 bits per heavy atom. The van der Waals surface area contributed by atoms with Gasteiger partial charge in [-0.2, -0.15) is 0 Å².